The summed E-state index contributed by atoms with van der Waals surface area (Å²) in [5.74, 6) is 0.599. The molecule has 0 aliphatic rings. The first-order chi connectivity index (χ1) is 9.78. The third-order valence-corrected chi connectivity index (χ3v) is 4.52. The van der Waals surface area contributed by atoms with Gasteiger partial charge in [-0.1, -0.05) is 35.0 Å². The van der Waals surface area contributed by atoms with Crippen LogP contribution in [-0.4, -0.2) is 18.1 Å². The van der Waals surface area contributed by atoms with Crippen LogP contribution < -0.4 is 5.32 Å². The number of nitrogens with one attached hydrogen (secondary N) is 1. The van der Waals surface area contributed by atoms with E-state index in [1.165, 1.54) is 17.0 Å². The van der Waals surface area contributed by atoms with Crippen molar-refractivity contribution in [2.75, 3.05) is 13.1 Å². The van der Waals surface area contributed by atoms with Gasteiger partial charge in [0.25, 0.3) is 0 Å². The van der Waals surface area contributed by atoms with Crippen LogP contribution in [-0.2, 0) is 12.8 Å². The lowest BCUT2D eigenvalue weighted by Crippen LogP contribution is -2.26. The molecule has 0 amide bonds. The van der Waals surface area contributed by atoms with Crippen molar-refractivity contribution in [1.29, 1.82) is 0 Å². The number of thiazole rings is 1. The Labute approximate surface area is 133 Å². The molecule has 0 bridgehead atoms. The van der Waals surface area contributed by atoms with E-state index in [9.17, 15) is 0 Å². The average molecular weight is 353 g/mol. The first kappa shape index (κ1) is 15.7. The van der Waals surface area contributed by atoms with Gasteiger partial charge in [0.05, 0.1) is 5.01 Å². The van der Waals surface area contributed by atoms with Gasteiger partial charge in [-0.15, -0.1) is 11.3 Å². The molecule has 0 aliphatic heterocycles. The van der Waals surface area contributed by atoms with Gasteiger partial charge < -0.3 is 5.32 Å². The summed E-state index contributed by atoms with van der Waals surface area (Å²) in [6.07, 6.45) is 5.23. The normalized spacial score (nSPS) is 12.5. The van der Waals surface area contributed by atoms with Crippen LogP contribution >= 0.6 is 27.3 Å². The molecule has 2 rings (SSSR count). The third kappa shape index (κ3) is 5.35. The molecule has 0 saturated heterocycles. The van der Waals surface area contributed by atoms with Crippen LogP contribution in [0.1, 0.15) is 23.9 Å². The molecule has 0 radical (unpaired) electrons. The zero-order valence-electron chi connectivity index (χ0n) is 11.8. The molecule has 1 atom stereocenters. The molecule has 2 aromatic rings. The van der Waals surface area contributed by atoms with E-state index in [1.54, 1.807) is 11.3 Å². The zero-order chi connectivity index (χ0) is 14.2. The summed E-state index contributed by atoms with van der Waals surface area (Å²) in [5, 5.41) is 6.85. The second-order valence-electron chi connectivity index (χ2n) is 5.03. The van der Waals surface area contributed by atoms with Crippen LogP contribution in [0.2, 0.25) is 0 Å². The Morgan fingerprint density at radius 1 is 1.35 bits per heavy atom. The van der Waals surface area contributed by atoms with E-state index in [0.29, 0.717) is 5.92 Å². The zero-order valence-corrected chi connectivity index (χ0v) is 14.2. The molecule has 1 aromatic carbocycles. The highest BCUT2D eigenvalue weighted by molar-refractivity contribution is 9.10. The van der Waals surface area contributed by atoms with Gasteiger partial charge in [0, 0.05) is 22.5 Å². The molecule has 0 aliphatic carbocycles. The van der Waals surface area contributed by atoms with Gasteiger partial charge in [-0.05, 0) is 49.5 Å². The number of hydrogen-bond acceptors (Lipinski definition) is 3. The summed E-state index contributed by atoms with van der Waals surface area (Å²) in [6, 6.07) is 8.61. The fraction of sp³-hybridized carbons (Fsp3) is 0.438. The Morgan fingerprint density at radius 3 is 2.95 bits per heavy atom. The van der Waals surface area contributed by atoms with Crippen molar-refractivity contribution in [1.82, 2.24) is 10.3 Å². The molecule has 1 heterocycles. The molecule has 20 heavy (non-hydrogen) atoms. The number of rotatable bonds is 8. The molecule has 0 spiro atoms. The van der Waals surface area contributed by atoms with Crippen LogP contribution in [0.25, 0.3) is 0 Å². The maximum atomic E-state index is 4.42. The Balaban J connectivity index is 1.97. The summed E-state index contributed by atoms with van der Waals surface area (Å²) >= 11 is 5.31. The molecule has 0 fully saturated rings. The van der Waals surface area contributed by atoms with Crippen LogP contribution in [0.15, 0.2) is 40.3 Å². The largest absolute Gasteiger partial charge is 0.316 e. The van der Waals surface area contributed by atoms with Crippen molar-refractivity contribution in [2.45, 2.75) is 26.2 Å². The highest BCUT2D eigenvalue weighted by Gasteiger charge is 2.12. The van der Waals surface area contributed by atoms with E-state index < -0.39 is 0 Å². The molecule has 1 unspecified atom stereocenters. The third-order valence-electron chi connectivity index (χ3n) is 3.22. The highest BCUT2D eigenvalue weighted by Crippen LogP contribution is 2.18. The minimum absolute atomic E-state index is 0.599. The van der Waals surface area contributed by atoms with Crippen molar-refractivity contribution >= 4 is 27.3 Å². The summed E-state index contributed by atoms with van der Waals surface area (Å²) in [7, 11) is 0. The molecule has 1 N–H and O–H groups in total. The van der Waals surface area contributed by atoms with Gasteiger partial charge in [0.1, 0.15) is 0 Å². The van der Waals surface area contributed by atoms with E-state index in [0.717, 1.165) is 30.4 Å². The molecule has 1 aromatic heterocycles. The van der Waals surface area contributed by atoms with Crippen molar-refractivity contribution in [3.05, 3.63) is 50.9 Å². The van der Waals surface area contributed by atoms with Crippen LogP contribution in [0.5, 0.6) is 0 Å². The standard InChI is InChI=1S/C16H21BrN2S/c1-2-6-18-12-14(11-16-19-7-8-20-16)9-13-4-3-5-15(17)10-13/h3-5,7-8,10,14,18H,2,6,9,11-12H2,1H3. The van der Waals surface area contributed by atoms with Gasteiger partial charge in [-0.3, -0.25) is 0 Å². The van der Waals surface area contributed by atoms with Crippen LogP contribution in [0.4, 0.5) is 0 Å². The molecule has 4 heteroatoms. The molecule has 2 nitrogen and oxygen atoms in total. The van der Waals surface area contributed by atoms with Gasteiger partial charge in [0.2, 0.25) is 0 Å². The van der Waals surface area contributed by atoms with Crippen LogP contribution in [0.3, 0.4) is 0 Å². The average Bonchev–Trinajstić information content (AvgIpc) is 2.92. The van der Waals surface area contributed by atoms with Crippen molar-refractivity contribution in [3.8, 4) is 0 Å². The van der Waals surface area contributed by atoms with Crippen molar-refractivity contribution in [2.24, 2.45) is 5.92 Å². The number of aromatic nitrogens is 1. The van der Waals surface area contributed by atoms with Crippen LogP contribution in [0, 0.1) is 5.92 Å². The Morgan fingerprint density at radius 2 is 2.25 bits per heavy atom. The Hall–Kier alpha value is -0.710. The van der Waals surface area contributed by atoms with Crippen molar-refractivity contribution < 1.29 is 0 Å². The first-order valence-corrected chi connectivity index (χ1v) is 8.78. The SMILES string of the molecule is CCCNCC(Cc1cccc(Br)c1)Cc1nccs1. The smallest absolute Gasteiger partial charge is 0.0928 e. The lowest BCUT2D eigenvalue weighted by Gasteiger charge is -2.17. The molecule has 108 valence electrons. The lowest BCUT2D eigenvalue weighted by atomic mass is 9.96. The molecular weight excluding hydrogens is 332 g/mol. The highest BCUT2D eigenvalue weighted by atomic mass is 79.9. The monoisotopic (exact) mass is 352 g/mol. The van der Waals surface area contributed by atoms with Gasteiger partial charge in [-0.25, -0.2) is 4.98 Å². The molecular formula is C16H21BrN2S. The second kappa shape index (κ2) is 8.55. The number of nitrogens with zero attached hydrogens (tertiary/aromatic N) is 1. The first-order valence-electron chi connectivity index (χ1n) is 7.11. The van der Waals surface area contributed by atoms with Gasteiger partial charge in [0.15, 0.2) is 0 Å². The van der Waals surface area contributed by atoms with E-state index in [1.807, 2.05) is 6.20 Å². The fourth-order valence-electron chi connectivity index (χ4n) is 2.30. The van der Waals surface area contributed by atoms with Gasteiger partial charge >= 0.3 is 0 Å². The number of halogens is 1. The summed E-state index contributed by atoms with van der Waals surface area (Å²) < 4.78 is 1.16. The topological polar surface area (TPSA) is 24.9 Å². The summed E-state index contributed by atoms with van der Waals surface area (Å²) in [6.45, 7) is 4.35. The summed E-state index contributed by atoms with van der Waals surface area (Å²) in [5.41, 5.74) is 1.39. The fourth-order valence-corrected chi connectivity index (χ4v) is 3.48. The Kier molecular flexibility index (Phi) is 6.70. The number of hydrogen-bond donors (Lipinski definition) is 1. The van der Waals surface area contributed by atoms with E-state index >= 15 is 0 Å². The Bertz CT molecular complexity index is 499. The minimum atomic E-state index is 0.599. The van der Waals surface area contributed by atoms with Crippen molar-refractivity contribution in [3.63, 3.8) is 0 Å². The predicted octanol–water partition coefficient (Wildman–Crippen LogP) is 4.31. The van der Waals surface area contributed by atoms with E-state index in [-0.39, 0.29) is 0 Å². The minimum Gasteiger partial charge on any atom is -0.316 e. The van der Waals surface area contributed by atoms with Gasteiger partial charge in [-0.2, -0.15) is 0 Å². The predicted molar refractivity (Wildman–Crippen MR) is 90.3 cm³/mol. The second-order valence-corrected chi connectivity index (χ2v) is 6.93. The summed E-state index contributed by atoms with van der Waals surface area (Å²) in [4.78, 5) is 4.42. The lowest BCUT2D eigenvalue weighted by molar-refractivity contribution is 0.470. The maximum absolute atomic E-state index is 4.42. The van der Waals surface area contributed by atoms with E-state index in [2.05, 4.69) is 62.8 Å². The number of benzene rings is 1. The molecule has 0 saturated carbocycles. The maximum Gasteiger partial charge on any atom is 0.0928 e. The van der Waals surface area contributed by atoms with E-state index in [4.69, 9.17) is 0 Å². The quantitative estimate of drug-likeness (QED) is 0.716.